The zero-order chi connectivity index (χ0) is 12.4. The van der Waals surface area contributed by atoms with E-state index in [1.54, 1.807) is 24.4 Å². The minimum absolute atomic E-state index is 0.353. The third-order valence-electron chi connectivity index (χ3n) is 2.78. The molecule has 0 radical (unpaired) electrons. The van der Waals surface area contributed by atoms with E-state index in [1.807, 2.05) is 36.4 Å². The highest BCUT2D eigenvalue weighted by molar-refractivity contribution is 6.05. The molecule has 0 fully saturated rings. The first-order valence-corrected chi connectivity index (χ1v) is 5.68. The van der Waals surface area contributed by atoms with Crippen LogP contribution in [-0.4, -0.2) is 11.0 Å². The Balaban J connectivity index is 2.01. The van der Waals surface area contributed by atoms with Gasteiger partial charge in [-0.1, -0.05) is 36.4 Å². The summed E-state index contributed by atoms with van der Waals surface area (Å²) in [6.45, 7) is 0. The molecular formula is C15H11NO2. The van der Waals surface area contributed by atoms with Crippen molar-refractivity contribution in [2.45, 2.75) is 0 Å². The first-order valence-electron chi connectivity index (χ1n) is 5.68. The lowest BCUT2D eigenvalue weighted by Gasteiger charge is -2.05. The molecule has 0 aliphatic carbocycles. The minimum Gasteiger partial charge on any atom is -0.406 e. The molecule has 0 saturated carbocycles. The fourth-order valence-corrected chi connectivity index (χ4v) is 1.94. The summed E-state index contributed by atoms with van der Waals surface area (Å²) in [4.78, 5) is 14.9. The Morgan fingerprint density at radius 2 is 1.78 bits per heavy atom. The number of carbonyl (C=O) groups is 1. The van der Waals surface area contributed by atoms with Gasteiger partial charge in [-0.15, -0.1) is 0 Å². The second-order valence-electron chi connectivity index (χ2n) is 3.95. The molecular weight excluding hydrogens is 226 g/mol. The van der Waals surface area contributed by atoms with Gasteiger partial charge in [0.25, 0.3) is 0 Å². The van der Waals surface area contributed by atoms with Crippen molar-refractivity contribution in [3.05, 3.63) is 66.4 Å². The van der Waals surface area contributed by atoms with Crippen LogP contribution in [0.1, 0.15) is 10.4 Å². The van der Waals surface area contributed by atoms with Gasteiger partial charge < -0.3 is 9.72 Å². The standard InChI is InChI=1S/C15H11NO2/c17-15(18-14-9-4-10-16-14)13-8-3-6-11-5-1-2-7-12(11)13/h1-10,16H. The van der Waals surface area contributed by atoms with Gasteiger partial charge >= 0.3 is 5.97 Å². The third-order valence-corrected chi connectivity index (χ3v) is 2.78. The van der Waals surface area contributed by atoms with E-state index in [9.17, 15) is 4.79 Å². The summed E-state index contributed by atoms with van der Waals surface area (Å²) < 4.78 is 5.25. The molecule has 0 atom stereocenters. The van der Waals surface area contributed by atoms with Crippen molar-refractivity contribution >= 4 is 16.7 Å². The van der Waals surface area contributed by atoms with Crippen LogP contribution in [0.2, 0.25) is 0 Å². The van der Waals surface area contributed by atoms with E-state index < -0.39 is 0 Å². The Morgan fingerprint density at radius 3 is 2.61 bits per heavy atom. The maximum Gasteiger partial charge on any atom is 0.345 e. The van der Waals surface area contributed by atoms with Crippen molar-refractivity contribution in [3.8, 4) is 5.88 Å². The van der Waals surface area contributed by atoms with Gasteiger partial charge in [-0.25, -0.2) is 4.79 Å². The maximum absolute atomic E-state index is 12.1. The third kappa shape index (κ3) is 1.86. The van der Waals surface area contributed by atoms with Crippen LogP contribution in [0.4, 0.5) is 0 Å². The number of nitrogens with one attached hydrogen (secondary N) is 1. The molecule has 18 heavy (non-hydrogen) atoms. The van der Waals surface area contributed by atoms with Gasteiger partial charge in [0.2, 0.25) is 5.88 Å². The van der Waals surface area contributed by atoms with Crippen LogP contribution in [0.15, 0.2) is 60.8 Å². The highest BCUT2D eigenvalue weighted by atomic mass is 16.5. The van der Waals surface area contributed by atoms with Gasteiger partial charge in [-0.3, -0.25) is 0 Å². The largest absolute Gasteiger partial charge is 0.406 e. The molecule has 0 aliphatic rings. The Morgan fingerprint density at radius 1 is 0.944 bits per heavy atom. The Kier molecular flexibility index (Phi) is 2.57. The number of aromatic amines is 1. The zero-order valence-electron chi connectivity index (χ0n) is 9.59. The number of fused-ring (bicyclic) bond motifs is 1. The second kappa shape index (κ2) is 4.37. The molecule has 2 aromatic carbocycles. The normalized spacial score (nSPS) is 10.4. The molecule has 1 aromatic heterocycles. The van der Waals surface area contributed by atoms with E-state index in [0.717, 1.165) is 10.8 Å². The van der Waals surface area contributed by atoms with E-state index in [-0.39, 0.29) is 5.97 Å². The number of benzene rings is 2. The van der Waals surface area contributed by atoms with Crippen LogP contribution in [0, 0.1) is 0 Å². The summed E-state index contributed by atoms with van der Waals surface area (Å²) >= 11 is 0. The number of esters is 1. The SMILES string of the molecule is O=C(Oc1ccc[nH]1)c1cccc2ccccc12. The topological polar surface area (TPSA) is 42.1 Å². The number of hydrogen-bond acceptors (Lipinski definition) is 2. The molecule has 0 unspecified atom stereocenters. The van der Waals surface area contributed by atoms with Crippen LogP contribution >= 0.6 is 0 Å². The van der Waals surface area contributed by atoms with Gasteiger partial charge in [-0.05, 0) is 22.9 Å². The van der Waals surface area contributed by atoms with E-state index in [4.69, 9.17) is 4.74 Å². The van der Waals surface area contributed by atoms with E-state index >= 15 is 0 Å². The van der Waals surface area contributed by atoms with Crippen molar-refractivity contribution in [1.82, 2.24) is 4.98 Å². The molecule has 1 N–H and O–H groups in total. The molecule has 0 amide bonds. The lowest BCUT2D eigenvalue weighted by Crippen LogP contribution is -2.09. The van der Waals surface area contributed by atoms with Crippen molar-refractivity contribution in [2.24, 2.45) is 0 Å². The number of H-pyrrole nitrogens is 1. The van der Waals surface area contributed by atoms with Gasteiger partial charge in [0, 0.05) is 12.3 Å². The average Bonchev–Trinajstić information content (AvgIpc) is 2.91. The quantitative estimate of drug-likeness (QED) is 0.694. The number of hydrogen-bond donors (Lipinski definition) is 1. The monoisotopic (exact) mass is 237 g/mol. The maximum atomic E-state index is 12.1. The Hall–Kier alpha value is -2.55. The molecule has 0 saturated heterocycles. The van der Waals surface area contributed by atoms with Gasteiger partial charge in [0.15, 0.2) is 0 Å². The summed E-state index contributed by atoms with van der Waals surface area (Å²) in [6, 6.07) is 16.8. The van der Waals surface area contributed by atoms with E-state index in [0.29, 0.717) is 11.4 Å². The zero-order valence-corrected chi connectivity index (χ0v) is 9.59. The Labute approximate surface area is 104 Å². The number of rotatable bonds is 2. The van der Waals surface area contributed by atoms with Crippen molar-refractivity contribution in [3.63, 3.8) is 0 Å². The smallest absolute Gasteiger partial charge is 0.345 e. The highest BCUT2D eigenvalue weighted by Crippen LogP contribution is 2.20. The fourth-order valence-electron chi connectivity index (χ4n) is 1.94. The van der Waals surface area contributed by atoms with Gasteiger partial charge in [0.05, 0.1) is 5.56 Å². The molecule has 0 spiro atoms. The molecule has 3 aromatic rings. The molecule has 3 heteroatoms. The van der Waals surface area contributed by atoms with Crippen LogP contribution in [0.25, 0.3) is 10.8 Å². The van der Waals surface area contributed by atoms with Crippen molar-refractivity contribution in [2.75, 3.05) is 0 Å². The molecule has 3 rings (SSSR count). The van der Waals surface area contributed by atoms with Crippen LogP contribution < -0.4 is 4.74 Å². The molecule has 0 bridgehead atoms. The molecule has 1 heterocycles. The summed E-state index contributed by atoms with van der Waals surface area (Å²) in [6.07, 6.45) is 1.71. The first kappa shape index (κ1) is 10.6. The predicted molar refractivity (Wildman–Crippen MR) is 69.7 cm³/mol. The summed E-state index contributed by atoms with van der Waals surface area (Å²) in [5.74, 6) is 0.0992. The van der Waals surface area contributed by atoms with Gasteiger partial charge in [0.1, 0.15) is 0 Å². The summed E-state index contributed by atoms with van der Waals surface area (Å²) in [7, 11) is 0. The lowest BCUT2D eigenvalue weighted by atomic mass is 10.1. The minimum atomic E-state index is -0.353. The van der Waals surface area contributed by atoms with Crippen LogP contribution in [-0.2, 0) is 0 Å². The molecule has 88 valence electrons. The van der Waals surface area contributed by atoms with Crippen LogP contribution in [0.3, 0.4) is 0 Å². The fraction of sp³-hybridized carbons (Fsp3) is 0. The van der Waals surface area contributed by atoms with Crippen molar-refractivity contribution in [1.29, 1.82) is 0 Å². The summed E-state index contributed by atoms with van der Waals surface area (Å²) in [5, 5.41) is 1.93. The highest BCUT2D eigenvalue weighted by Gasteiger charge is 2.12. The lowest BCUT2D eigenvalue weighted by molar-refractivity contribution is 0.0730. The summed E-state index contributed by atoms with van der Waals surface area (Å²) in [5.41, 5.74) is 0.572. The van der Waals surface area contributed by atoms with Gasteiger partial charge in [-0.2, -0.15) is 0 Å². The van der Waals surface area contributed by atoms with E-state index in [1.165, 1.54) is 0 Å². The Bertz CT molecular complexity index is 681. The number of ether oxygens (including phenoxy) is 1. The average molecular weight is 237 g/mol. The van der Waals surface area contributed by atoms with Crippen LogP contribution in [0.5, 0.6) is 5.88 Å². The van der Waals surface area contributed by atoms with E-state index in [2.05, 4.69) is 4.98 Å². The molecule has 3 nitrogen and oxygen atoms in total. The number of aromatic nitrogens is 1. The second-order valence-corrected chi connectivity index (χ2v) is 3.95. The first-order chi connectivity index (χ1) is 8.84. The number of carbonyl (C=O) groups excluding carboxylic acids is 1. The van der Waals surface area contributed by atoms with Crippen molar-refractivity contribution < 1.29 is 9.53 Å². The predicted octanol–water partition coefficient (Wildman–Crippen LogP) is 3.39. The molecule has 0 aliphatic heterocycles.